The lowest BCUT2D eigenvalue weighted by molar-refractivity contribution is 0.343. The van der Waals surface area contributed by atoms with Gasteiger partial charge in [-0.25, -0.2) is 14.4 Å². The topological polar surface area (TPSA) is 44.3 Å². The fourth-order valence-corrected chi connectivity index (χ4v) is 4.20. The van der Waals surface area contributed by atoms with Crippen LogP contribution < -0.4 is 15.1 Å². The van der Waals surface area contributed by atoms with E-state index in [2.05, 4.69) is 15.2 Å². The molecule has 0 radical (unpaired) electrons. The maximum atomic E-state index is 14.0. The fraction of sp³-hybridized carbons (Fsp3) is 0.524. The summed E-state index contributed by atoms with van der Waals surface area (Å²) in [5.41, 5.74) is 3.16. The van der Waals surface area contributed by atoms with Gasteiger partial charge in [-0.1, -0.05) is 12.1 Å². The average Bonchev–Trinajstić information content (AvgIpc) is 2.69. The van der Waals surface area contributed by atoms with Crippen LogP contribution in [0.3, 0.4) is 0 Å². The molecule has 6 heteroatoms. The molecule has 4 rings (SSSR count). The fourth-order valence-electron chi connectivity index (χ4n) is 4.20. The molecule has 1 saturated heterocycles. The average molecular weight is 369 g/mol. The van der Waals surface area contributed by atoms with Gasteiger partial charge in [-0.05, 0) is 44.2 Å². The van der Waals surface area contributed by atoms with Crippen LogP contribution in [-0.4, -0.2) is 43.2 Å². The summed E-state index contributed by atoms with van der Waals surface area (Å²) >= 11 is 0. The van der Waals surface area contributed by atoms with Crippen molar-refractivity contribution in [2.24, 2.45) is 0 Å². The molecule has 144 valence electrons. The summed E-state index contributed by atoms with van der Waals surface area (Å²) < 4.78 is 14.0. The monoisotopic (exact) mass is 369 g/mol. The number of nitrogens with one attached hydrogen (secondary N) is 1. The number of hydrogen-bond acceptors (Lipinski definition) is 5. The molecular weight excluding hydrogens is 341 g/mol. The summed E-state index contributed by atoms with van der Waals surface area (Å²) in [5, 5.41) is 3.84. The van der Waals surface area contributed by atoms with Gasteiger partial charge >= 0.3 is 0 Å². The van der Waals surface area contributed by atoms with Crippen molar-refractivity contribution in [3.8, 4) is 0 Å². The molecule has 0 spiro atoms. The highest BCUT2D eigenvalue weighted by Crippen LogP contribution is 2.31. The maximum Gasteiger partial charge on any atom is 0.225 e. The number of halogens is 1. The second kappa shape index (κ2) is 7.80. The quantitative estimate of drug-likeness (QED) is 0.896. The van der Waals surface area contributed by atoms with Gasteiger partial charge in [0.2, 0.25) is 5.95 Å². The molecule has 0 bridgehead atoms. The van der Waals surface area contributed by atoms with Gasteiger partial charge in [-0.15, -0.1) is 0 Å². The highest BCUT2D eigenvalue weighted by Gasteiger charge is 2.27. The zero-order chi connectivity index (χ0) is 18.8. The van der Waals surface area contributed by atoms with Gasteiger partial charge in [0.1, 0.15) is 5.82 Å². The SMILES string of the molecule is CN(C)c1ncc2c(n1)CCCC2NC1CCN(c2ccccc2F)CC1. The Labute approximate surface area is 160 Å². The summed E-state index contributed by atoms with van der Waals surface area (Å²) in [6.45, 7) is 1.77. The first-order valence-electron chi connectivity index (χ1n) is 9.90. The molecule has 5 nitrogen and oxygen atoms in total. The Morgan fingerprint density at radius 2 is 1.93 bits per heavy atom. The van der Waals surface area contributed by atoms with Gasteiger partial charge in [-0.3, -0.25) is 0 Å². The molecule has 27 heavy (non-hydrogen) atoms. The van der Waals surface area contributed by atoms with Crippen LogP contribution in [0.2, 0.25) is 0 Å². The van der Waals surface area contributed by atoms with Crippen LogP contribution >= 0.6 is 0 Å². The van der Waals surface area contributed by atoms with E-state index in [4.69, 9.17) is 4.98 Å². The number of hydrogen-bond donors (Lipinski definition) is 1. The van der Waals surface area contributed by atoms with Crippen LogP contribution in [0.15, 0.2) is 30.5 Å². The Morgan fingerprint density at radius 1 is 1.15 bits per heavy atom. The largest absolute Gasteiger partial charge is 0.369 e. The van der Waals surface area contributed by atoms with Crippen LogP contribution in [0.1, 0.15) is 43.0 Å². The molecule has 1 aromatic heterocycles. The van der Waals surface area contributed by atoms with E-state index in [1.165, 1.54) is 11.3 Å². The van der Waals surface area contributed by atoms with Crippen LogP contribution in [-0.2, 0) is 6.42 Å². The first-order valence-corrected chi connectivity index (χ1v) is 9.90. The van der Waals surface area contributed by atoms with E-state index in [0.717, 1.165) is 56.8 Å². The second-order valence-corrected chi connectivity index (χ2v) is 7.79. The standard InChI is InChI=1S/C21H28FN5/c1-26(2)21-23-14-16-18(7-5-8-19(16)25-21)24-15-10-12-27(13-11-15)20-9-4-3-6-17(20)22/h3-4,6,9,14-15,18,24H,5,7-8,10-13H2,1-2H3. The molecule has 1 aliphatic heterocycles. The minimum atomic E-state index is -0.126. The van der Waals surface area contributed by atoms with Crippen molar-refractivity contribution in [1.82, 2.24) is 15.3 Å². The van der Waals surface area contributed by atoms with E-state index in [9.17, 15) is 4.39 Å². The Bertz CT molecular complexity index is 786. The van der Waals surface area contributed by atoms with Gasteiger partial charge < -0.3 is 15.1 Å². The third-order valence-corrected chi connectivity index (χ3v) is 5.69. The Hall–Kier alpha value is -2.21. The van der Waals surface area contributed by atoms with E-state index in [1.54, 1.807) is 12.1 Å². The predicted octanol–water partition coefficient (Wildman–Crippen LogP) is 3.32. The molecule has 0 saturated carbocycles. The van der Waals surface area contributed by atoms with Gasteiger partial charge in [0.25, 0.3) is 0 Å². The summed E-state index contributed by atoms with van der Waals surface area (Å²) in [4.78, 5) is 13.4. The van der Waals surface area contributed by atoms with E-state index in [-0.39, 0.29) is 5.82 Å². The normalized spacial score (nSPS) is 20.4. The Morgan fingerprint density at radius 3 is 2.67 bits per heavy atom. The van der Waals surface area contributed by atoms with Crippen molar-refractivity contribution in [3.05, 3.63) is 47.5 Å². The summed E-state index contributed by atoms with van der Waals surface area (Å²) in [6, 6.07) is 7.86. The molecule has 2 aliphatic rings. The summed E-state index contributed by atoms with van der Waals surface area (Å²) in [5.74, 6) is 0.659. The molecule has 1 fully saturated rings. The number of para-hydroxylation sites is 1. The molecule has 1 aliphatic carbocycles. The molecule has 2 aromatic rings. The number of piperidine rings is 1. The van der Waals surface area contributed by atoms with Gasteiger partial charge in [0, 0.05) is 51.0 Å². The number of anilines is 2. The second-order valence-electron chi connectivity index (χ2n) is 7.79. The van der Waals surface area contributed by atoms with Crippen molar-refractivity contribution in [2.45, 2.75) is 44.2 Å². The maximum absolute atomic E-state index is 14.0. The number of nitrogens with zero attached hydrogens (tertiary/aromatic N) is 4. The van der Waals surface area contributed by atoms with Crippen LogP contribution in [0.5, 0.6) is 0 Å². The number of aromatic nitrogens is 2. The molecule has 1 unspecified atom stereocenters. The first-order chi connectivity index (χ1) is 13.1. The first kappa shape index (κ1) is 18.2. The summed E-state index contributed by atoms with van der Waals surface area (Å²) in [7, 11) is 3.95. The third kappa shape index (κ3) is 3.90. The van der Waals surface area contributed by atoms with E-state index >= 15 is 0 Å². The van der Waals surface area contributed by atoms with E-state index < -0.39 is 0 Å². The van der Waals surface area contributed by atoms with E-state index in [0.29, 0.717) is 12.1 Å². The number of benzene rings is 1. The van der Waals surface area contributed by atoms with Crippen molar-refractivity contribution in [3.63, 3.8) is 0 Å². The van der Waals surface area contributed by atoms with Gasteiger partial charge in [0.05, 0.1) is 11.4 Å². The lowest BCUT2D eigenvalue weighted by Crippen LogP contribution is -2.44. The zero-order valence-electron chi connectivity index (χ0n) is 16.2. The predicted molar refractivity (Wildman–Crippen MR) is 107 cm³/mol. The number of rotatable bonds is 4. The molecule has 1 atom stereocenters. The lowest BCUT2D eigenvalue weighted by Gasteiger charge is -2.37. The van der Waals surface area contributed by atoms with Crippen molar-refractivity contribution in [2.75, 3.05) is 37.0 Å². The molecule has 2 heterocycles. The van der Waals surface area contributed by atoms with Crippen molar-refractivity contribution in [1.29, 1.82) is 0 Å². The molecular formula is C21H28FN5. The minimum absolute atomic E-state index is 0.126. The molecule has 1 N–H and O–H groups in total. The Balaban J connectivity index is 1.40. The lowest BCUT2D eigenvalue weighted by atomic mass is 9.90. The highest BCUT2D eigenvalue weighted by molar-refractivity contribution is 5.48. The van der Waals surface area contributed by atoms with Crippen LogP contribution in [0.4, 0.5) is 16.0 Å². The van der Waals surface area contributed by atoms with Crippen molar-refractivity contribution < 1.29 is 4.39 Å². The Kier molecular flexibility index (Phi) is 5.25. The third-order valence-electron chi connectivity index (χ3n) is 5.69. The smallest absolute Gasteiger partial charge is 0.225 e. The van der Waals surface area contributed by atoms with Crippen LogP contribution in [0.25, 0.3) is 0 Å². The number of aryl methyl sites for hydroxylation is 1. The minimum Gasteiger partial charge on any atom is -0.369 e. The van der Waals surface area contributed by atoms with Gasteiger partial charge in [-0.2, -0.15) is 0 Å². The van der Waals surface area contributed by atoms with Crippen molar-refractivity contribution >= 4 is 11.6 Å². The zero-order valence-corrected chi connectivity index (χ0v) is 16.2. The van der Waals surface area contributed by atoms with Gasteiger partial charge in [0.15, 0.2) is 0 Å². The highest BCUT2D eigenvalue weighted by atomic mass is 19.1. The molecule has 0 amide bonds. The van der Waals surface area contributed by atoms with E-state index in [1.807, 2.05) is 37.3 Å². The summed E-state index contributed by atoms with van der Waals surface area (Å²) in [6.07, 6.45) is 7.37. The molecule has 1 aromatic carbocycles. The van der Waals surface area contributed by atoms with Crippen LogP contribution in [0, 0.1) is 5.82 Å². The number of fused-ring (bicyclic) bond motifs is 1.